The highest BCUT2D eigenvalue weighted by Gasteiger charge is 2.10. The zero-order valence-electron chi connectivity index (χ0n) is 8.18. The lowest BCUT2D eigenvalue weighted by Crippen LogP contribution is -2.09. The maximum Gasteiger partial charge on any atom is 0.267 e. The maximum absolute atomic E-state index is 11.7. The van der Waals surface area contributed by atoms with Crippen molar-refractivity contribution in [1.82, 2.24) is 4.37 Å². The fourth-order valence-corrected chi connectivity index (χ4v) is 1.74. The number of carbonyl (C=O) groups is 1. The number of anilines is 1. The minimum absolute atomic E-state index is 0.245. The molecule has 0 unspecified atom stereocenters. The number of aromatic nitrogens is 1. The Bertz CT molecular complexity index is 542. The van der Waals surface area contributed by atoms with Gasteiger partial charge in [-0.05, 0) is 29.7 Å². The first-order valence-electron chi connectivity index (χ1n) is 4.53. The van der Waals surface area contributed by atoms with Crippen LogP contribution in [0, 0.1) is 11.3 Å². The molecule has 0 radical (unpaired) electrons. The molecule has 0 bridgehead atoms. The van der Waals surface area contributed by atoms with E-state index < -0.39 is 0 Å². The third-order valence-electron chi connectivity index (χ3n) is 1.88. The van der Waals surface area contributed by atoms with Crippen LogP contribution >= 0.6 is 11.5 Å². The van der Waals surface area contributed by atoms with Crippen LogP contribution in [0.3, 0.4) is 0 Å². The summed E-state index contributed by atoms with van der Waals surface area (Å²) in [7, 11) is 0. The minimum atomic E-state index is -0.245. The average Bonchev–Trinajstić information content (AvgIpc) is 2.79. The first-order chi connectivity index (χ1) is 7.79. The average molecular weight is 229 g/mol. The zero-order valence-corrected chi connectivity index (χ0v) is 8.99. The van der Waals surface area contributed by atoms with E-state index in [1.807, 2.05) is 24.3 Å². The third kappa shape index (κ3) is 2.24. The van der Waals surface area contributed by atoms with Gasteiger partial charge in [0.15, 0.2) is 5.69 Å². The Labute approximate surface area is 96.3 Å². The van der Waals surface area contributed by atoms with Crippen molar-refractivity contribution in [1.29, 1.82) is 5.26 Å². The summed E-state index contributed by atoms with van der Waals surface area (Å²) >= 11 is 1.02. The van der Waals surface area contributed by atoms with E-state index in [0.29, 0.717) is 4.88 Å². The SMILES string of the molecule is N#Cc1cc(C(=O)Nc2ccccc2)sn1. The Kier molecular flexibility index (Phi) is 2.94. The van der Waals surface area contributed by atoms with Gasteiger partial charge < -0.3 is 5.32 Å². The molecule has 1 aromatic carbocycles. The van der Waals surface area contributed by atoms with E-state index in [1.54, 1.807) is 12.1 Å². The number of hydrogen-bond acceptors (Lipinski definition) is 4. The van der Waals surface area contributed by atoms with Crippen LogP contribution in [0.1, 0.15) is 15.4 Å². The molecule has 2 rings (SSSR count). The van der Waals surface area contributed by atoms with Gasteiger partial charge in [-0.1, -0.05) is 18.2 Å². The van der Waals surface area contributed by atoms with Gasteiger partial charge in [-0.2, -0.15) is 9.64 Å². The van der Waals surface area contributed by atoms with Gasteiger partial charge in [0.05, 0.1) is 0 Å². The molecule has 0 spiro atoms. The number of hydrogen-bond donors (Lipinski definition) is 1. The van der Waals surface area contributed by atoms with Crippen molar-refractivity contribution in [3.8, 4) is 6.07 Å². The first kappa shape index (κ1) is 10.3. The molecule has 1 N–H and O–H groups in total. The van der Waals surface area contributed by atoms with Gasteiger partial charge in [-0.15, -0.1) is 0 Å². The molecule has 78 valence electrons. The van der Waals surface area contributed by atoms with Crippen molar-refractivity contribution in [3.63, 3.8) is 0 Å². The number of carbonyl (C=O) groups excluding carboxylic acids is 1. The quantitative estimate of drug-likeness (QED) is 0.859. The van der Waals surface area contributed by atoms with Gasteiger partial charge >= 0.3 is 0 Å². The molecule has 0 saturated heterocycles. The second-order valence-corrected chi connectivity index (χ2v) is 3.81. The van der Waals surface area contributed by atoms with Crippen LogP contribution < -0.4 is 5.32 Å². The largest absolute Gasteiger partial charge is 0.321 e. The predicted octanol–water partition coefficient (Wildman–Crippen LogP) is 2.27. The van der Waals surface area contributed by atoms with E-state index in [9.17, 15) is 4.79 Å². The van der Waals surface area contributed by atoms with Gasteiger partial charge in [-0.25, -0.2) is 0 Å². The van der Waals surface area contributed by atoms with E-state index >= 15 is 0 Å². The van der Waals surface area contributed by atoms with Crippen LogP contribution in [0.15, 0.2) is 36.4 Å². The molecule has 0 aliphatic carbocycles. The highest BCUT2D eigenvalue weighted by Crippen LogP contribution is 2.12. The van der Waals surface area contributed by atoms with Crippen LogP contribution in [0.4, 0.5) is 5.69 Å². The smallest absolute Gasteiger partial charge is 0.267 e. The topological polar surface area (TPSA) is 65.8 Å². The Balaban J connectivity index is 2.12. The first-order valence-corrected chi connectivity index (χ1v) is 5.30. The molecular weight excluding hydrogens is 222 g/mol. The normalized spacial score (nSPS) is 9.44. The Morgan fingerprint density at radius 2 is 2.12 bits per heavy atom. The summed E-state index contributed by atoms with van der Waals surface area (Å²) in [5, 5.41) is 11.3. The number of amides is 1. The Morgan fingerprint density at radius 1 is 1.38 bits per heavy atom. The van der Waals surface area contributed by atoms with Crippen molar-refractivity contribution in [2.24, 2.45) is 0 Å². The highest BCUT2D eigenvalue weighted by atomic mass is 32.1. The summed E-state index contributed by atoms with van der Waals surface area (Å²) in [4.78, 5) is 12.1. The number of nitrogens with zero attached hydrogens (tertiary/aromatic N) is 2. The summed E-state index contributed by atoms with van der Waals surface area (Å²) < 4.78 is 3.82. The Hall–Kier alpha value is -2.19. The lowest BCUT2D eigenvalue weighted by Gasteiger charge is -2.01. The fraction of sp³-hybridized carbons (Fsp3) is 0. The second-order valence-electron chi connectivity index (χ2n) is 3.01. The summed E-state index contributed by atoms with van der Waals surface area (Å²) in [6, 6.07) is 12.5. The van der Waals surface area contributed by atoms with Gasteiger partial charge in [0.25, 0.3) is 5.91 Å². The highest BCUT2D eigenvalue weighted by molar-refractivity contribution is 7.08. The molecular formula is C11H7N3OS. The summed E-state index contributed by atoms with van der Waals surface area (Å²) in [6.07, 6.45) is 0. The molecule has 0 atom stereocenters. The Morgan fingerprint density at radius 3 is 2.75 bits per heavy atom. The number of nitriles is 1. The van der Waals surface area contributed by atoms with Crippen molar-refractivity contribution in [3.05, 3.63) is 47.0 Å². The standard InChI is InChI=1S/C11H7N3OS/c12-7-9-6-10(16-14-9)11(15)13-8-4-2-1-3-5-8/h1-6H,(H,13,15). The van der Waals surface area contributed by atoms with Crippen LogP contribution in [0.2, 0.25) is 0 Å². The molecule has 0 saturated carbocycles. The van der Waals surface area contributed by atoms with Gasteiger partial charge in [0.2, 0.25) is 0 Å². The van der Waals surface area contributed by atoms with E-state index in [1.165, 1.54) is 6.07 Å². The van der Waals surface area contributed by atoms with E-state index in [-0.39, 0.29) is 11.6 Å². The molecule has 1 aromatic heterocycles. The van der Waals surface area contributed by atoms with E-state index in [0.717, 1.165) is 17.2 Å². The number of nitrogens with one attached hydrogen (secondary N) is 1. The van der Waals surface area contributed by atoms with E-state index in [4.69, 9.17) is 5.26 Å². The molecule has 16 heavy (non-hydrogen) atoms. The second kappa shape index (κ2) is 4.55. The van der Waals surface area contributed by atoms with Crippen LogP contribution in [-0.4, -0.2) is 10.3 Å². The predicted molar refractivity (Wildman–Crippen MR) is 61.2 cm³/mol. The van der Waals surface area contributed by atoms with Crippen LogP contribution in [-0.2, 0) is 0 Å². The molecule has 1 amide bonds. The molecule has 0 aliphatic heterocycles. The molecule has 0 aliphatic rings. The van der Waals surface area contributed by atoms with E-state index in [2.05, 4.69) is 9.69 Å². The minimum Gasteiger partial charge on any atom is -0.321 e. The summed E-state index contributed by atoms with van der Waals surface area (Å²) in [5.74, 6) is -0.245. The molecule has 1 heterocycles. The molecule has 0 fully saturated rings. The molecule has 4 nitrogen and oxygen atoms in total. The monoisotopic (exact) mass is 229 g/mol. The lowest BCUT2D eigenvalue weighted by molar-refractivity contribution is 0.103. The third-order valence-corrected chi connectivity index (χ3v) is 2.67. The van der Waals surface area contributed by atoms with Gasteiger partial charge in [0, 0.05) is 5.69 Å². The molecule has 2 aromatic rings. The van der Waals surface area contributed by atoms with Crippen molar-refractivity contribution in [2.45, 2.75) is 0 Å². The number of para-hydroxylation sites is 1. The number of rotatable bonds is 2. The maximum atomic E-state index is 11.7. The lowest BCUT2D eigenvalue weighted by atomic mass is 10.3. The molecule has 5 heteroatoms. The van der Waals surface area contributed by atoms with Crippen LogP contribution in [0.25, 0.3) is 0 Å². The van der Waals surface area contributed by atoms with Gasteiger partial charge in [0.1, 0.15) is 10.9 Å². The summed E-state index contributed by atoms with van der Waals surface area (Å²) in [6.45, 7) is 0. The van der Waals surface area contributed by atoms with Gasteiger partial charge in [-0.3, -0.25) is 4.79 Å². The summed E-state index contributed by atoms with van der Waals surface area (Å²) in [5.41, 5.74) is 0.989. The van der Waals surface area contributed by atoms with Crippen LogP contribution in [0.5, 0.6) is 0 Å². The zero-order chi connectivity index (χ0) is 11.4. The van der Waals surface area contributed by atoms with Crippen molar-refractivity contribution >= 4 is 23.1 Å². The fourth-order valence-electron chi connectivity index (χ4n) is 1.15. The van der Waals surface area contributed by atoms with Crippen molar-refractivity contribution < 1.29 is 4.79 Å². The number of benzene rings is 1. The van der Waals surface area contributed by atoms with Crippen molar-refractivity contribution in [2.75, 3.05) is 5.32 Å².